The third-order valence-electron chi connectivity index (χ3n) is 2.89. The third kappa shape index (κ3) is 2.34. The van der Waals surface area contributed by atoms with Gasteiger partial charge in [0.25, 0.3) is 5.91 Å². The van der Waals surface area contributed by atoms with E-state index in [9.17, 15) is 9.90 Å². The number of amides is 1. The van der Waals surface area contributed by atoms with Gasteiger partial charge in [0.2, 0.25) is 0 Å². The number of aromatic hydroxyl groups is 1. The Morgan fingerprint density at radius 2 is 2.18 bits per heavy atom. The lowest BCUT2D eigenvalue weighted by Crippen LogP contribution is -2.35. The number of phenolic OH excluding ortho intramolecular Hbond substituents is 1. The summed E-state index contributed by atoms with van der Waals surface area (Å²) in [6.07, 6.45) is 1.91. The van der Waals surface area contributed by atoms with Crippen molar-refractivity contribution in [1.29, 1.82) is 0 Å². The molecule has 0 unspecified atom stereocenters. The number of phenols is 1. The molecule has 0 aliphatic heterocycles. The van der Waals surface area contributed by atoms with Crippen molar-refractivity contribution in [2.45, 2.75) is 18.9 Å². The predicted molar refractivity (Wildman–Crippen MR) is 63.7 cm³/mol. The molecule has 0 heterocycles. The molecule has 1 aliphatic carbocycles. The molecule has 17 heavy (non-hydrogen) atoms. The number of anilines is 1. The summed E-state index contributed by atoms with van der Waals surface area (Å²) in [5.41, 5.74) is 5.94. The maximum Gasteiger partial charge on any atom is 0.258 e. The van der Waals surface area contributed by atoms with Crippen molar-refractivity contribution in [3.05, 3.63) is 23.8 Å². The predicted octanol–water partition coefficient (Wildman–Crippen LogP) is 0.571. The van der Waals surface area contributed by atoms with Crippen LogP contribution < -0.4 is 5.73 Å². The molecule has 92 valence electrons. The summed E-state index contributed by atoms with van der Waals surface area (Å²) in [6.45, 7) is 0.211. The summed E-state index contributed by atoms with van der Waals surface area (Å²) in [6, 6.07) is 4.91. The number of nitrogens with two attached hydrogens (primary N) is 1. The van der Waals surface area contributed by atoms with Crippen molar-refractivity contribution in [3.8, 4) is 5.75 Å². The fourth-order valence-corrected chi connectivity index (χ4v) is 1.83. The minimum absolute atomic E-state index is 0.0781. The summed E-state index contributed by atoms with van der Waals surface area (Å²) < 4.78 is 0. The lowest BCUT2D eigenvalue weighted by molar-refractivity contribution is 0.0704. The molecule has 0 atom stereocenters. The highest BCUT2D eigenvalue weighted by molar-refractivity contribution is 5.98. The van der Waals surface area contributed by atoms with Crippen LogP contribution in [0.1, 0.15) is 23.2 Å². The van der Waals surface area contributed by atoms with E-state index >= 15 is 0 Å². The van der Waals surface area contributed by atoms with E-state index in [0.29, 0.717) is 0 Å². The Labute approximate surface area is 99.5 Å². The van der Waals surface area contributed by atoms with E-state index in [1.54, 1.807) is 23.1 Å². The number of rotatable bonds is 4. The Morgan fingerprint density at radius 1 is 1.47 bits per heavy atom. The van der Waals surface area contributed by atoms with Crippen molar-refractivity contribution in [1.82, 2.24) is 4.90 Å². The summed E-state index contributed by atoms with van der Waals surface area (Å²) in [5, 5.41) is 18.7. The Kier molecular flexibility index (Phi) is 3.19. The zero-order chi connectivity index (χ0) is 12.4. The quantitative estimate of drug-likeness (QED) is 0.527. The number of nitrogens with zero attached hydrogens (tertiary/aromatic N) is 1. The van der Waals surface area contributed by atoms with Crippen molar-refractivity contribution in [2.24, 2.45) is 0 Å². The van der Waals surface area contributed by atoms with E-state index < -0.39 is 0 Å². The maximum absolute atomic E-state index is 12.2. The van der Waals surface area contributed by atoms with Crippen LogP contribution >= 0.6 is 0 Å². The van der Waals surface area contributed by atoms with Crippen molar-refractivity contribution < 1.29 is 15.0 Å². The van der Waals surface area contributed by atoms with E-state index in [1.807, 2.05) is 0 Å². The molecule has 5 nitrogen and oxygen atoms in total. The number of hydrogen-bond donors (Lipinski definition) is 3. The lowest BCUT2D eigenvalue weighted by atomic mass is 10.1. The van der Waals surface area contributed by atoms with Gasteiger partial charge in [-0.25, -0.2) is 0 Å². The van der Waals surface area contributed by atoms with Crippen LogP contribution in [0, 0.1) is 0 Å². The summed E-state index contributed by atoms with van der Waals surface area (Å²) >= 11 is 0. The lowest BCUT2D eigenvalue weighted by Gasteiger charge is -2.22. The fourth-order valence-electron chi connectivity index (χ4n) is 1.83. The molecule has 0 spiro atoms. The average molecular weight is 236 g/mol. The molecule has 1 aromatic carbocycles. The Morgan fingerprint density at radius 3 is 2.76 bits per heavy atom. The molecule has 1 aliphatic rings. The molecule has 0 bridgehead atoms. The molecule has 0 aromatic heterocycles. The van der Waals surface area contributed by atoms with Crippen LogP contribution in [0.2, 0.25) is 0 Å². The number of aliphatic hydroxyl groups is 1. The zero-order valence-electron chi connectivity index (χ0n) is 9.47. The van der Waals surface area contributed by atoms with Gasteiger partial charge >= 0.3 is 0 Å². The van der Waals surface area contributed by atoms with Gasteiger partial charge < -0.3 is 20.8 Å². The maximum atomic E-state index is 12.2. The largest absolute Gasteiger partial charge is 0.505 e. The third-order valence-corrected chi connectivity index (χ3v) is 2.89. The van der Waals surface area contributed by atoms with Crippen LogP contribution in [-0.2, 0) is 0 Å². The summed E-state index contributed by atoms with van der Waals surface area (Å²) in [4.78, 5) is 13.8. The molecular weight excluding hydrogens is 220 g/mol. The molecule has 2 rings (SSSR count). The van der Waals surface area contributed by atoms with Gasteiger partial charge in [-0.3, -0.25) is 4.79 Å². The molecular formula is C12H16N2O3. The Balaban J connectivity index is 2.25. The number of para-hydroxylation sites is 1. The summed E-state index contributed by atoms with van der Waals surface area (Å²) in [7, 11) is 0. The standard InChI is InChI=1S/C12H16N2O3/c13-10-3-1-2-9(11(10)16)12(17)14(6-7-15)8-4-5-8/h1-3,8,15-16H,4-7,13H2. The normalized spacial score (nSPS) is 14.6. The average Bonchev–Trinajstić information content (AvgIpc) is 3.13. The number of carbonyl (C=O) groups is 1. The first-order chi connectivity index (χ1) is 8.15. The van der Waals surface area contributed by atoms with E-state index in [0.717, 1.165) is 12.8 Å². The number of benzene rings is 1. The molecule has 5 heteroatoms. The highest BCUT2D eigenvalue weighted by Gasteiger charge is 2.33. The van der Waals surface area contributed by atoms with Gasteiger partial charge in [-0.2, -0.15) is 0 Å². The van der Waals surface area contributed by atoms with E-state index in [1.165, 1.54) is 0 Å². The molecule has 1 aromatic rings. The topological polar surface area (TPSA) is 86.8 Å². The second-order valence-corrected chi connectivity index (χ2v) is 4.20. The molecule has 0 radical (unpaired) electrons. The highest BCUT2D eigenvalue weighted by atomic mass is 16.3. The second-order valence-electron chi connectivity index (χ2n) is 4.20. The van der Waals surface area contributed by atoms with Gasteiger partial charge in [0.1, 0.15) is 0 Å². The molecule has 1 fully saturated rings. The van der Waals surface area contributed by atoms with E-state index in [2.05, 4.69) is 0 Å². The van der Waals surface area contributed by atoms with E-state index in [4.69, 9.17) is 10.8 Å². The number of carbonyl (C=O) groups excluding carboxylic acids is 1. The molecule has 1 amide bonds. The smallest absolute Gasteiger partial charge is 0.258 e. The Bertz CT molecular complexity index is 430. The molecule has 0 saturated heterocycles. The monoisotopic (exact) mass is 236 g/mol. The first kappa shape index (κ1) is 11.7. The fraction of sp³-hybridized carbons (Fsp3) is 0.417. The number of aliphatic hydroxyl groups excluding tert-OH is 1. The highest BCUT2D eigenvalue weighted by Crippen LogP contribution is 2.31. The van der Waals surface area contributed by atoms with Crippen molar-refractivity contribution in [2.75, 3.05) is 18.9 Å². The van der Waals surface area contributed by atoms with Gasteiger partial charge in [0, 0.05) is 12.6 Å². The van der Waals surface area contributed by atoms with Crippen molar-refractivity contribution in [3.63, 3.8) is 0 Å². The second kappa shape index (κ2) is 4.63. The van der Waals surface area contributed by atoms with Gasteiger partial charge in [0.15, 0.2) is 5.75 Å². The first-order valence-electron chi connectivity index (χ1n) is 5.64. The van der Waals surface area contributed by atoms with Gasteiger partial charge in [-0.1, -0.05) is 6.07 Å². The van der Waals surface area contributed by atoms with E-state index in [-0.39, 0.29) is 42.1 Å². The van der Waals surface area contributed by atoms with Crippen LogP contribution in [0.15, 0.2) is 18.2 Å². The van der Waals surface area contributed by atoms with Crippen molar-refractivity contribution >= 4 is 11.6 Å². The summed E-state index contributed by atoms with van der Waals surface area (Å²) in [5.74, 6) is -0.451. The first-order valence-corrected chi connectivity index (χ1v) is 5.64. The minimum atomic E-state index is -0.272. The molecule has 1 saturated carbocycles. The van der Waals surface area contributed by atoms with Gasteiger partial charge in [-0.15, -0.1) is 0 Å². The van der Waals surface area contributed by atoms with Crippen LogP contribution in [0.4, 0.5) is 5.69 Å². The van der Waals surface area contributed by atoms with Crippen LogP contribution in [0.25, 0.3) is 0 Å². The zero-order valence-corrected chi connectivity index (χ0v) is 9.47. The van der Waals surface area contributed by atoms with Crippen LogP contribution in [-0.4, -0.2) is 40.2 Å². The Hall–Kier alpha value is -1.75. The number of nitrogen functional groups attached to an aromatic ring is 1. The van der Waals surface area contributed by atoms with Crippen LogP contribution in [0.3, 0.4) is 0 Å². The SMILES string of the molecule is Nc1cccc(C(=O)N(CCO)C2CC2)c1O. The number of hydrogen-bond acceptors (Lipinski definition) is 4. The van der Waals surface area contributed by atoms with Gasteiger partial charge in [-0.05, 0) is 25.0 Å². The molecule has 4 N–H and O–H groups in total. The van der Waals surface area contributed by atoms with Crippen LogP contribution in [0.5, 0.6) is 5.75 Å². The minimum Gasteiger partial charge on any atom is -0.505 e. The van der Waals surface area contributed by atoms with Gasteiger partial charge in [0.05, 0.1) is 17.9 Å².